The number of benzene rings is 1. The van der Waals surface area contributed by atoms with Crippen LogP contribution in [0.25, 0.3) is 0 Å². The Morgan fingerprint density at radius 1 is 1.00 bits per heavy atom. The second-order valence-electron chi connectivity index (χ2n) is 6.53. The monoisotopic (exact) mass is 304 g/mol. The zero-order valence-electron chi connectivity index (χ0n) is 13.4. The topological polar surface area (TPSA) is 72.8 Å². The highest BCUT2D eigenvalue weighted by atomic mass is 16.7. The fourth-order valence-corrected chi connectivity index (χ4v) is 2.17. The average Bonchev–Trinajstić information content (AvgIpc) is 2.65. The molecule has 1 aliphatic rings. The van der Waals surface area contributed by atoms with E-state index in [0.29, 0.717) is 5.56 Å². The molecule has 0 aliphatic carbocycles. The van der Waals surface area contributed by atoms with Crippen LogP contribution in [-0.2, 0) is 14.1 Å². The van der Waals surface area contributed by atoms with Crippen molar-refractivity contribution in [1.29, 1.82) is 0 Å². The molecule has 22 heavy (non-hydrogen) atoms. The molecule has 1 aromatic rings. The van der Waals surface area contributed by atoms with Crippen molar-refractivity contribution >= 4 is 24.3 Å². The molecular weight excluding hydrogens is 283 g/mol. The zero-order valence-corrected chi connectivity index (χ0v) is 13.4. The molecule has 0 amide bonds. The number of carbonyl (C=O) groups is 2. The highest BCUT2D eigenvalue weighted by Gasteiger charge is 2.51. The van der Waals surface area contributed by atoms with E-state index in [1.165, 1.54) is 0 Å². The quantitative estimate of drug-likeness (QED) is 0.665. The second-order valence-corrected chi connectivity index (χ2v) is 6.53. The van der Waals surface area contributed by atoms with Gasteiger partial charge >= 0.3 is 13.1 Å². The van der Waals surface area contributed by atoms with Gasteiger partial charge in [-0.2, -0.15) is 0 Å². The van der Waals surface area contributed by atoms with Gasteiger partial charge in [0.25, 0.3) is 0 Å². The number of rotatable bonds is 5. The van der Waals surface area contributed by atoms with E-state index in [0.717, 1.165) is 5.46 Å². The van der Waals surface area contributed by atoms with Gasteiger partial charge in [-0.05, 0) is 33.2 Å². The molecule has 1 aliphatic heterocycles. The lowest BCUT2D eigenvalue weighted by Crippen LogP contribution is -2.41. The van der Waals surface area contributed by atoms with E-state index in [4.69, 9.17) is 14.4 Å². The first kappa shape index (κ1) is 16.7. The first-order chi connectivity index (χ1) is 10.1. The van der Waals surface area contributed by atoms with E-state index in [9.17, 15) is 9.59 Å². The van der Waals surface area contributed by atoms with Gasteiger partial charge in [-0.15, -0.1) is 0 Å². The van der Waals surface area contributed by atoms with Crippen LogP contribution in [0.5, 0.6) is 0 Å². The van der Waals surface area contributed by atoms with Crippen molar-refractivity contribution in [3.8, 4) is 0 Å². The van der Waals surface area contributed by atoms with Gasteiger partial charge in [0.05, 0.1) is 17.6 Å². The van der Waals surface area contributed by atoms with E-state index in [1.807, 2.05) is 27.7 Å². The minimum atomic E-state index is -0.970. The summed E-state index contributed by atoms with van der Waals surface area (Å²) < 4.78 is 11.9. The number of Topliss-reactive ketones (excluding diaryl/α,β-unsaturated/α-hetero) is 1. The maximum Gasteiger partial charge on any atom is 0.494 e. The van der Waals surface area contributed by atoms with Crippen LogP contribution in [0.3, 0.4) is 0 Å². The Morgan fingerprint density at radius 3 is 1.95 bits per heavy atom. The number of aliphatic carboxylic acids is 1. The molecule has 1 N–H and O–H groups in total. The smallest absolute Gasteiger partial charge is 0.481 e. The molecule has 0 atom stereocenters. The van der Waals surface area contributed by atoms with Gasteiger partial charge in [0, 0.05) is 12.0 Å². The Labute approximate surface area is 130 Å². The van der Waals surface area contributed by atoms with Gasteiger partial charge in [-0.3, -0.25) is 9.59 Å². The standard InChI is InChI=1S/C16H21BO5/c1-15(2)16(3,4)22-17(21-15)12-7-5-11(6-8-12)13(18)9-10-14(19)20/h5-8H,9-10H2,1-4H3,(H,19,20). The summed E-state index contributed by atoms with van der Waals surface area (Å²) in [5.74, 6) is -1.15. The molecule has 118 valence electrons. The minimum Gasteiger partial charge on any atom is -0.481 e. The van der Waals surface area contributed by atoms with Crippen LogP contribution in [0.15, 0.2) is 24.3 Å². The normalized spacial score (nSPS) is 19.2. The van der Waals surface area contributed by atoms with Crippen LogP contribution in [0.1, 0.15) is 50.9 Å². The molecule has 0 bridgehead atoms. The number of hydrogen-bond acceptors (Lipinski definition) is 4. The molecule has 0 unspecified atom stereocenters. The molecule has 1 fully saturated rings. The van der Waals surface area contributed by atoms with Crippen molar-refractivity contribution in [2.45, 2.75) is 51.7 Å². The van der Waals surface area contributed by atoms with Crippen molar-refractivity contribution in [3.05, 3.63) is 29.8 Å². The van der Waals surface area contributed by atoms with Gasteiger partial charge in [0.1, 0.15) is 0 Å². The molecule has 1 saturated heterocycles. The van der Waals surface area contributed by atoms with Gasteiger partial charge in [0.15, 0.2) is 5.78 Å². The third-order valence-electron chi connectivity index (χ3n) is 4.32. The first-order valence-corrected chi connectivity index (χ1v) is 7.33. The maximum absolute atomic E-state index is 11.9. The van der Waals surface area contributed by atoms with Gasteiger partial charge < -0.3 is 14.4 Å². The molecule has 1 aromatic carbocycles. The molecular formula is C16H21BO5. The third-order valence-corrected chi connectivity index (χ3v) is 4.32. The van der Waals surface area contributed by atoms with Gasteiger partial charge in [0.2, 0.25) is 0 Å². The fourth-order valence-electron chi connectivity index (χ4n) is 2.17. The molecule has 0 saturated carbocycles. The average molecular weight is 304 g/mol. The Balaban J connectivity index is 2.07. The van der Waals surface area contributed by atoms with E-state index < -0.39 is 24.3 Å². The second kappa shape index (κ2) is 5.86. The fraction of sp³-hybridized carbons (Fsp3) is 0.500. The molecule has 0 aromatic heterocycles. The summed E-state index contributed by atoms with van der Waals surface area (Å²) in [5, 5.41) is 8.61. The number of carbonyl (C=O) groups excluding carboxylic acids is 1. The van der Waals surface area contributed by atoms with Crippen LogP contribution in [0, 0.1) is 0 Å². The van der Waals surface area contributed by atoms with E-state index in [2.05, 4.69) is 0 Å². The van der Waals surface area contributed by atoms with Crippen LogP contribution >= 0.6 is 0 Å². The largest absolute Gasteiger partial charge is 0.494 e. The summed E-state index contributed by atoms with van der Waals surface area (Å²) in [4.78, 5) is 22.4. The Kier molecular flexibility index (Phi) is 4.45. The van der Waals surface area contributed by atoms with E-state index in [1.54, 1.807) is 24.3 Å². The molecule has 5 nitrogen and oxygen atoms in total. The predicted octanol–water partition coefficient (Wildman–Crippen LogP) is 2.03. The van der Waals surface area contributed by atoms with Crippen molar-refractivity contribution in [3.63, 3.8) is 0 Å². The lowest BCUT2D eigenvalue weighted by molar-refractivity contribution is -0.136. The molecule has 1 heterocycles. The summed E-state index contributed by atoms with van der Waals surface area (Å²) >= 11 is 0. The summed E-state index contributed by atoms with van der Waals surface area (Å²) in [5.41, 5.74) is 0.524. The van der Waals surface area contributed by atoms with Gasteiger partial charge in [-0.1, -0.05) is 24.3 Å². The Morgan fingerprint density at radius 2 is 1.50 bits per heavy atom. The molecule has 0 spiro atoms. The first-order valence-electron chi connectivity index (χ1n) is 7.33. The van der Waals surface area contributed by atoms with Crippen LogP contribution in [0.4, 0.5) is 0 Å². The molecule has 6 heteroatoms. The Bertz CT molecular complexity index is 561. The van der Waals surface area contributed by atoms with Crippen molar-refractivity contribution in [1.82, 2.24) is 0 Å². The van der Waals surface area contributed by atoms with E-state index in [-0.39, 0.29) is 18.6 Å². The summed E-state index contributed by atoms with van der Waals surface area (Å²) in [6.07, 6.45) is -0.150. The summed E-state index contributed by atoms with van der Waals surface area (Å²) in [6.45, 7) is 7.93. The lowest BCUT2D eigenvalue weighted by Gasteiger charge is -2.32. The van der Waals surface area contributed by atoms with Crippen molar-refractivity contribution < 1.29 is 24.0 Å². The Hall–Kier alpha value is -1.66. The summed E-state index contributed by atoms with van der Waals surface area (Å²) in [7, 11) is -0.465. The van der Waals surface area contributed by atoms with Crippen molar-refractivity contribution in [2.24, 2.45) is 0 Å². The minimum absolute atomic E-state index is 0.00513. The number of ketones is 1. The number of hydrogen-bond donors (Lipinski definition) is 1. The van der Waals surface area contributed by atoms with Gasteiger partial charge in [-0.25, -0.2) is 0 Å². The van der Waals surface area contributed by atoms with Crippen LogP contribution in [0.2, 0.25) is 0 Å². The van der Waals surface area contributed by atoms with Crippen molar-refractivity contribution in [2.75, 3.05) is 0 Å². The SMILES string of the molecule is CC1(C)OB(c2ccc(C(=O)CCC(=O)O)cc2)OC1(C)C. The maximum atomic E-state index is 11.9. The zero-order chi connectivity index (χ0) is 16.5. The summed E-state index contributed by atoms with van der Waals surface area (Å²) in [6, 6.07) is 6.95. The lowest BCUT2D eigenvalue weighted by atomic mass is 9.78. The third kappa shape index (κ3) is 3.39. The highest BCUT2D eigenvalue weighted by molar-refractivity contribution is 6.62. The predicted molar refractivity (Wildman–Crippen MR) is 83.4 cm³/mol. The molecule has 2 rings (SSSR count). The van der Waals surface area contributed by atoms with E-state index >= 15 is 0 Å². The number of carboxylic acids is 1. The van der Waals surface area contributed by atoms with Crippen LogP contribution in [-0.4, -0.2) is 35.2 Å². The number of carboxylic acid groups (broad SMARTS) is 1. The van der Waals surface area contributed by atoms with Crippen LogP contribution < -0.4 is 5.46 Å². The highest BCUT2D eigenvalue weighted by Crippen LogP contribution is 2.36. The molecule has 0 radical (unpaired) electrons.